The van der Waals surface area contributed by atoms with E-state index in [0.29, 0.717) is 5.15 Å². The number of benzene rings is 2. The fourth-order valence-corrected chi connectivity index (χ4v) is 4.55. The lowest BCUT2D eigenvalue weighted by Gasteiger charge is -2.09. The average Bonchev–Trinajstić information content (AvgIpc) is 3.06. The van der Waals surface area contributed by atoms with Gasteiger partial charge in [-0.15, -0.1) is 0 Å². The zero-order valence-corrected chi connectivity index (χ0v) is 17.5. The summed E-state index contributed by atoms with van der Waals surface area (Å²) in [5.41, 5.74) is 3.71. The molecule has 4 rings (SSSR count). The first kappa shape index (κ1) is 19.6. The first-order chi connectivity index (χ1) is 13.9. The molecule has 4 nitrogen and oxygen atoms in total. The second-order valence-electron chi connectivity index (χ2n) is 6.85. The Bertz CT molecular complexity index is 1220. The van der Waals surface area contributed by atoms with Crippen LogP contribution < -0.4 is 0 Å². The monoisotopic (exact) mass is 422 g/mol. The lowest BCUT2D eigenvalue weighted by molar-refractivity contribution is -0.138. The fourth-order valence-electron chi connectivity index (χ4n) is 3.32. The Labute approximate surface area is 178 Å². The van der Waals surface area contributed by atoms with Crippen LogP contribution in [0.2, 0.25) is 5.15 Å². The number of para-hydroxylation sites is 1. The zero-order chi connectivity index (χ0) is 20.5. The van der Waals surface area contributed by atoms with Gasteiger partial charge in [-0.2, -0.15) is 0 Å². The van der Waals surface area contributed by atoms with Crippen LogP contribution in [0.25, 0.3) is 16.6 Å². The molecule has 1 atom stereocenters. The van der Waals surface area contributed by atoms with Gasteiger partial charge in [0.1, 0.15) is 5.15 Å². The van der Waals surface area contributed by atoms with Crippen LogP contribution in [0.3, 0.4) is 0 Å². The van der Waals surface area contributed by atoms with Crippen LogP contribution in [0.5, 0.6) is 0 Å². The highest BCUT2D eigenvalue weighted by Crippen LogP contribution is 2.37. The minimum atomic E-state index is -0.825. The molecule has 0 aliphatic heterocycles. The van der Waals surface area contributed by atoms with Gasteiger partial charge in [-0.05, 0) is 49.7 Å². The SMILES string of the molecule is Cc1nc(Cl)ccc1-n1cc(Sc2cccc(C(C)C(=O)O)c2)c2ccccc21. The first-order valence-electron chi connectivity index (χ1n) is 9.18. The van der Waals surface area contributed by atoms with Crippen molar-refractivity contribution in [3.63, 3.8) is 0 Å². The molecule has 0 saturated carbocycles. The normalized spacial score (nSPS) is 12.2. The first-order valence-corrected chi connectivity index (χ1v) is 10.4. The maximum absolute atomic E-state index is 11.3. The molecule has 0 amide bonds. The number of nitrogens with zero attached hydrogens (tertiary/aromatic N) is 2. The van der Waals surface area contributed by atoms with E-state index in [-0.39, 0.29) is 0 Å². The third-order valence-corrected chi connectivity index (χ3v) is 6.16. The van der Waals surface area contributed by atoms with Crippen LogP contribution in [0.1, 0.15) is 24.1 Å². The van der Waals surface area contributed by atoms with E-state index in [0.717, 1.165) is 37.6 Å². The van der Waals surface area contributed by atoms with E-state index in [1.807, 2.05) is 49.4 Å². The fraction of sp³-hybridized carbons (Fsp3) is 0.130. The molecule has 0 aliphatic carbocycles. The molecule has 1 N–H and O–H groups in total. The molecule has 1 unspecified atom stereocenters. The molecule has 4 aromatic rings. The van der Waals surface area contributed by atoms with Gasteiger partial charge in [0.05, 0.1) is 22.8 Å². The number of aromatic nitrogens is 2. The van der Waals surface area contributed by atoms with E-state index >= 15 is 0 Å². The summed E-state index contributed by atoms with van der Waals surface area (Å²) in [4.78, 5) is 17.8. The zero-order valence-electron chi connectivity index (χ0n) is 16.0. The number of pyridine rings is 1. The van der Waals surface area contributed by atoms with Crippen molar-refractivity contribution < 1.29 is 9.90 Å². The lowest BCUT2D eigenvalue weighted by Crippen LogP contribution is -2.07. The molecule has 2 heterocycles. The van der Waals surface area contributed by atoms with Crippen molar-refractivity contribution in [3.05, 3.63) is 83.3 Å². The molecule has 0 fully saturated rings. The van der Waals surface area contributed by atoms with Crippen molar-refractivity contribution in [1.82, 2.24) is 9.55 Å². The number of aliphatic carboxylic acids is 1. The molecule has 0 aliphatic rings. The molecule has 0 bridgehead atoms. The molecule has 146 valence electrons. The number of rotatable bonds is 5. The van der Waals surface area contributed by atoms with Gasteiger partial charge < -0.3 is 9.67 Å². The third kappa shape index (κ3) is 3.88. The van der Waals surface area contributed by atoms with E-state index in [4.69, 9.17) is 11.6 Å². The minimum absolute atomic E-state index is 0.474. The Morgan fingerprint density at radius 3 is 2.69 bits per heavy atom. The summed E-state index contributed by atoms with van der Waals surface area (Å²) in [6.07, 6.45) is 2.10. The van der Waals surface area contributed by atoms with Gasteiger partial charge in [-0.3, -0.25) is 4.79 Å². The predicted octanol–water partition coefficient (Wildman–Crippen LogP) is 6.33. The highest BCUT2D eigenvalue weighted by atomic mass is 35.5. The van der Waals surface area contributed by atoms with Crippen molar-refractivity contribution in [2.75, 3.05) is 0 Å². The largest absolute Gasteiger partial charge is 0.481 e. The number of halogens is 1. The van der Waals surface area contributed by atoms with Crippen LogP contribution in [-0.2, 0) is 4.79 Å². The van der Waals surface area contributed by atoms with Gasteiger partial charge >= 0.3 is 5.97 Å². The van der Waals surface area contributed by atoms with Gasteiger partial charge in [0.15, 0.2) is 0 Å². The lowest BCUT2D eigenvalue weighted by atomic mass is 10.0. The quantitative estimate of drug-likeness (QED) is 0.382. The molecular formula is C23H19ClN2O2S. The van der Waals surface area contributed by atoms with Crippen molar-refractivity contribution in [2.24, 2.45) is 0 Å². The highest BCUT2D eigenvalue weighted by Gasteiger charge is 2.16. The summed E-state index contributed by atoms with van der Waals surface area (Å²) in [5, 5.41) is 10.9. The smallest absolute Gasteiger partial charge is 0.310 e. The standard InChI is InChI=1S/C23H19ClN2O2S/c1-14(23(27)28)16-6-5-7-17(12-16)29-21-13-26(20-9-4-3-8-18(20)21)19-10-11-22(24)25-15(19)2/h3-14H,1-2H3,(H,27,28). The van der Waals surface area contributed by atoms with Gasteiger partial charge in [0.25, 0.3) is 0 Å². The topological polar surface area (TPSA) is 55.1 Å². The number of carboxylic acid groups (broad SMARTS) is 1. The van der Waals surface area contributed by atoms with Crippen LogP contribution in [0, 0.1) is 6.92 Å². The van der Waals surface area contributed by atoms with Gasteiger partial charge in [0, 0.05) is 21.4 Å². The Balaban J connectivity index is 1.78. The maximum atomic E-state index is 11.3. The maximum Gasteiger partial charge on any atom is 0.310 e. The number of hydrogen-bond donors (Lipinski definition) is 1. The molecule has 0 radical (unpaired) electrons. The Morgan fingerprint density at radius 1 is 1.14 bits per heavy atom. The molecule has 0 spiro atoms. The minimum Gasteiger partial charge on any atom is -0.481 e. The number of carboxylic acids is 1. The van der Waals surface area contributed by atoms with Crippen molar-refractivity contribution in [2.45, 2.75) is 29.6 Å². The molecular weight excluding hydrogens is 404 g/mol. The van der Waals surface area contributed by atoms with Crippen LogP contribution >= 0.6 is 23.4 Å². The Hall–Kier alpha value is -2.76. The predicted molar refractivity (Wildman–Crippen MR) is 117 cm³/mol. The second kappa shape index (κ2) is 7.93. The Morgan fingerprint density at radius 2 is 1.93 bits per heavy atom. The number of fused-ring (bicyclic) bond motifs is 1. The van der Waals surface area contributed by atoms with Gasteiger partial charge in [-0.25, -0.2) is 4.98 Å². The van der Waals surface area contributed by atoms with E-state index in [1.54, 1.807) is 24.8 Å². The van der Waals surface area contributed by atoms with Gasteiger partial charge in [0.2, 0.25) is 0 Å². The molecule has 2 aromatic carbocycles. The highest BCUT2D eigenvalue weighted by molar-refractivity contribution is 7.99. The third-order valence-electron chi connectivity index (χ3n) is 4.92. The summed E-state index contributed by atoms with van der Waals surface area (Å²) in [6, 6.07) is 19.7. The van der Waals surface area contributed by atoms with E-state index in [9.17, 15) is 9.90 Å². The van der Waals surface area contributed by atoms with Crippen molar-refractivity contribution in [3.8, 4) is 5.69 Å². The molecule has 2 aromatic heterocycles. The molecule has 0 saturated heterocycles. The van der Waals surface area contributed by atoms with Crippen molar-refractivity contribution in [1.29, 1.82) is 0 Å². The second-order valence-corrected chi connectivity index (χ2v) is 8.36. The van der Waals surface area contributed by atoms with Crippen molar-refractivity contribution >= 4 is 40.2 Å². The summed E-state index contributed by atoms with van der Waals surface area (Å²) < 4.78 is 2.13. The molecule has 6 heteroatoms. The summed E-state index contributed by atoms with van der Waals surface area (Å²) in [7, 11) is 0. The average molecular weight is 423 g/mol. The van der Waals surface area contributed by atoms with E-state index in [2.05, 4.69) is 27.9 Å². The van der Waals surface area contributed by atoms with E-state index < -0.39 is 11.9 Å². The Kier molecular flexibility index (Phi) is 5.35. The van der Waals surface area contributed by atoms with Gasteiger partial charge in [-0.1, -0.05) is 53.7 Å². The summed E-state index contributed by atoms with van der Waals surface area (Å²) >= 11 is 7.66. The van der Waals surface area contributed by atoms with E-state index in [1.165, 1.54) is 0 Å². The van der Waals surface area contributed by atoms with Crippen LogP contribution in [-0.4, -0.2) is 20.6 Å². The van der Waals surface area contributed by atoms with Crippen LogP contribution in [0.4, 0.5) is 0 Å². The number of carbonyl (C=O) groups is 1. The van der Waals surface area contributed by atoms with Crippen LogP contribution in [0.15, 0.2) is 76.7 Å². The summed E-state index contributed by atoms with van der Waals surface area (Å²) in [6.45, 7) is 3.65. The number of hydrogen-bond acceptors (Lipinski definition) is 3. The number of aryl methyl sites for hydroxylation is 1. The molecule has 29 heavy (non-hydrogen) atoms. The summed E-state index contributed by atoms with van der Waals surface area (Å²) in [5.74, 6) is -1.37.